The topological polar surface area (TPSA) is 68.3 Å². The summed E-state index contributed by atoms with van der Waals surface area (Å²) in [5, 5.41) is 1.01. The maximum Gasteiger partial charge on any atom is 0.238 e. The molecule has 3 aromatic rings. The minimum atomic E-state index is -0.497. The molecule has 2 N–H and O–H groups in total. The number of para-hydroxylation sites is 1. The van der Waals surface area contributed by atoms with E-state index in [4.69, 9.17) is 5.73 Å². The van der Waals surface area contributed by atoms with E-state index in [0.29, 0.717) is 5.69 Å². The Balaban J connectivity index is 2.01. The molecule has 25 heavy (non-hydrogen) atoms. The van der Waals surface area contributed by atoms with Crippen LogP contribution in [0.3, 0.4) is 0 Å². The van der Waals surface area contributed by atoms with Crippen LogP contribution in [0, 0.1) is 0 Å². The minimum absolute atomic E-state index is 0.158. The molecular weight excluding hydrogens is 382 g/mol. The molecule has 1 atom stereocenters. The van der Waals surface area contributed by atoms with E-state index < -0.39 is 5.92 Å². The lowest BCUT2D eigenvalue weighted by molar-refractivity contribution is -0.137. The first-order chi connectivity index (χ1) is 12.0. The van der Waals surface area contributed by atoms with E-state index in [9.17, 15) is 9.59 Å². The number of aromatic nitrogens is 1. The lowest BCUT2D eigenvalue weighted by atomic mass is 10.0. The van der Waals surface area contributed by atoms with Gasteiger partial charge in [0.15, 0.2) is 0 Å². The Morgan fingerprint density at radius 3 is 2.60 bits per heavy atom. The summed E-state index contributed by atoms with van der Waals surface area (Å²) >= 11 is 3.49. The number of nitrogens with two attached hydrogens (primary N) is 1. The van der Waals surface area contributed by atoms with Crippen molar-refractivity contribution in [3.63, 3.8) is 0 Å². The van der Waals surface area contributed by atoms with Crippen LogP contribution < -0.4 is 5.73 Å². The summed E-state index contributed by atoms with van der Waals surface area (Å²) < 4.78 is 2.89. The zero-order valence-corrected chi connectivity index (χ0v) is 15.2. The van der Waals surface area contributed by atoms with Crippen LogP contribution in [0.1, 0.15) is 18.0 Å². The average Bonchev–Trinajstić information content (AvgIpc) is 3.10. The summed E-state index contributed by atoms with van der Waals surface area (Å²) in [4.78, 5) is 25.8. The Morgan fingerprint density at radius 2 is 1.88 bits per heavy atom. The number of imide groups is 1. The van der Waals surface area contributed by atoms with Crippen LogP contribution in [0.4, 0.5) is 5.69 Å². The van der Waals surface area contributed by atoms with Crippen LogP contribution in [-0.4, -0.2) is 28.3 Å². The molecule has 1 aromatic heterocycles. The molecule has 0 bridgehead atoms. The van der Waals surface area contributed by atoms with Crippen molar-refractivity contribution in [2.75, 3.05) is 12.8 Å². The van der Waals surface area contributed by atoms with Crippen molar-refractivity contribution >= 4 is 44.3 Å². The standard InChI is InChI=1S/C19H16BrN3O2/c1-22-18(24)10-13(19(22)25)16-8-11-4-2-3-5-15(11)23(16)17-9-12(20)6-7-14(17)21/h2-9,13H,10,21H2,1H3. The van der Waals surface area contributed by atoms with Crippen LogP contribution in [0.15, 0.2) is 53.0 Å². The van der Waals surface area contributed by atoms with Crippen molar-refractivity contribution < 1.29 is 9.59 Å². The van der Waals surface area contributed by atoms with Crippen LogP contribution in [-0.2, 0) is 9.59 Å². The fourth-order valence-electron chi connectivity index (χ4n) is 3.40. The molecule has 2 amide bonds. The van der Waals surface area contributed by atoms with Crippen molar-refractivity contribution in [3.8, 4) is 5.69 Å². The predicted octanol–water partition coefficient (Wildman–Crippen LogP) is 3.45. The van der Waals surface area contributed by atoms with Gasteiger partial charge in [0.25, 0.3) is 0 Å². The van der Waals surface area contributed by atoms with Gasteiger partial charge in [0.05, 0.1) is 22.8 Å². The number of likely N-dealkylation sites (tertiary alicyclic amines) is 1. The smallest absolute Gasteiger partial charge is 0.238 e. The molecule has 1 unspecified atom stereocenters. The normalized spacial score (nSPS) is 17.7. The third-order valence-corrected chi connectivity index (χ3v) is 5.20. The Kier molecular flexibility index (Phi) is 3.65. The van der Waals surface area contributed by atoms with E-state index in [1.54, 1.807) is 0 Å². The van der Waals surface area contributed by atoms with Crippen molar-refractivity contribution in [2.45, 2.75) is 12.3 Å². The molecule has 0 spiro atoms. The third-order valence-electron chi connectivity index (χ3n) is 4.71. The highest BCUT2D eigenvalue weighted by atomic mass is 79.9. The molecule has 6 heteroatoms. The van der Waals surface area contributed by atoms with Gasteiger partial charge < -0.3 is 10.3 Å². The molecule has 1 aliphatic rings. The van der Waals surface area contributed by atoms with Gasteiger partial charge in [-0.1, -0.05) is 34.1 Å². The number of halogens is 1. The maximum atomic E-state index is 12.6. The summed E-state index contributed by atoms with van der Waals surface area (Å²) in [5.41, 5.74) is 9.37. The summed E-state index contributed by atoms with van der Waals surface area (Å²) in [6.07, 6.45) is 0.180. The van der Waals surface area contributed by atoms with Gasteiger partial charge in [-0.25, -0.2) is 0 Å². The zero-order valence-electron chi connectivity index (χ0n) is 13.6. The number of likely N-dealkylation sites (N-methyl/N-ethyl adjacent to an activating group) is 1. The lowest BCUT2D eigenvalue weighted by Crippen LogP contribution is -2.25. The van der Waals surface area contributed by atoms with E-state index in [1.807, 2.05) is 53.1 Å². The fraction of sp³-hybridized carbons (Fsp3) is 0.158. The highest BCUT2D eigenvalue weighted by molar-refractivity contribution is 9.10. The number of hydrogen-bond donors (Lipinski definition) is 1. The average molecular weight is 398 g/mol. The first-order valence-electron chi connectivity index (χ1n) is 7.93. The van der Waals surface area contributed by atoms with Crippen LogP contribution in [0.2, 0.25) is 0 Å². The van der Waals surface area contributed by atoms with Gasteiger partial charge in [-0.05, 0) is 30.3 Å². The van der Waals surface area contributed by atoms with Gasteiger partial charge in [0.2, 0.25) is 11.8 Å². The van der Waals surface area contributed by atoms with Crippen molar-refractivity contribution in [1.82, 2.24) is 9.47 Å². The highest BCUT2D eigenvalue weighted by Crippen LogP contribution is 2.37. The Hall–Kier alpha value is -2.60. The fourth-order valence-corrected chi connectivity index (χ4v) is 3.75. The van der Waals surface area contributed by atoms with Gasteiger partial charge in [-0.15, -0.1) is 0 Å². The number of benzene rings is 2. The van der Waals surface area contributed by atoms with Gasteiger partial charge in [-0.2, -0.15) is 0 Å². The first kappa shape index (κ1) is 15.9. The minimum Gasteiger partial charge on any atom is -0.397 e. The van der Waals surface area contributed by atoms with Gasteiger partial charge in [0.1, 0.15) is 0 Å². The number of nitrogens with zero attached hydrogens (tertiary/aromatic N) is 2. The van der Waals surface area contributed by atoms with E-state index in [2.05, 4.69) is 15.9 Å². The van der Waals surface area contributed by atoms with Crippen LogP contribution in [0.25, 0.3) is 16.6 Å². The monoisotopic (exact) mass is 397 g/mol. The van der Waals surface area contributed by atoms with Crippen molar-refractivity contribution in [1.29, 1.82) is 0 Å². The molecule has 1 fully saturated rings. The molecule has 2 heterocycles. The molecular formula is C19H16BrN3O2. The summed E-state index contributed by atoms with van der Waals surface area (Å²) in [6, 6.07) is 15.5. The Bertz CT molecular complexity index is 1020. The van der Waals surface area contributed by atoms with Crippen LogP contribution in [0.5, 0.6) is 0 Å². The second kappa shape index (κ2) is 5.74. The summed E-state index contributed by atoms with van der Waals surface area (Å²) in [6.45, 7) is 0. The number of fused-ring (bicyclic) bond motifs is 1. The van der Waals surface area contributed by atoms with Gasteiger partial charge in [0, 0.05) is 29.0 Å². The lowest BCUT2D eigenvalue weighted by Gasteiger charge is -2.16. The number of carbonyl (C=O) groups excluding carboxylic acids is 2. The SMILES string of the molecule is CN1C(=O)CC(c2cc3ccccc3n2-c2cc(Br)ccc2N)C1=O. The molecule has 0 radical (unpaired) electrons. The van der Waals surface area contributed by atoms with Crippen molar-refractivity contribution in [2.24, 2.45) is 0 Å². The Labute approximate surface area is 153 Å². The van der Waals surface area contributed by atoms with Crippen LogP contribution >= 0.6 is 15.9 Å². The number of nitrogen functional groups attached to an aromatic ring is 1. The molecule has 126 valence electrons. The summed E-state index contributed by atoms with van der Waals surface area (Å²) in [7, 11) is 1.53. The molecule has 0 aliphatic carbocycles. The molecule has 2 aromatic carbocycles. The maximum absolute atomic E-state index is 12.6. The quantitative estimate of drug-likeness (QED) is 0.531. The largest absolute Gasteiger partial charge is 0.397 e. The molecule has 0 saturated carbocycles. The molecule has 1 saturated heterocycles. The molecule has 5 nitrogen and oxygen atoms in total. The zero-order chi connectivity index (χ0) is 17.7. The predicted molar refractivity (Wildman–Crippen MR) is 101 cm³/mol. The van der Waals surface area contributed by atoms with Crippen molar-refractivity contribution in [3.05, 3.63) is 58.7 Å². The molecule has 4 rings (SSSR count). The number of anilines is 1. The second-order valence-electron chi connectivity index (χ2n) is 6.21. The van der Waals surface area contributed by atoms with Gasteiger partial charge in [-0.3, -0.25) is 14.5 Å². The van der Waals surface area contributed by atoms with E-state index in [-0.39, 0.29) is 18.2 Å². The van der Waals surface area contributed by atoms with Gasteiger partial charge >= 0.3 is 0 Å². The number of rotatable bonds is 2. The van der Waals surface area contributed by atoms with E-state index in [1.165, 1.54) is 11.9 Å². The number of carbonyl (C=O) groups is 2. The van der Waals surface area contributed by atoms with E-state index in [0.717, 1.165) is 26.8 Å². The first-order valence-corrected chi connectivity index (χ1v) is 8.73. The summed E-state index contributed by atoms with van der Waals surface area (Å²) in [5.74, 6) is -0.833. The number of amides is 2. The number of hydrogen-bond acceptors (Lipinski definition) is 3. The Morgan fingerprint density at radius 1 is 1.12 bits per heavy atom. The second-order valence-corrected chi connectivity index (χ2v) is 7.13. The highest BCUT2D eigenvalue weighted by Gasteiger charge is 2.39. The van der Waals surface area contributed by atoms with E-state index >= 15 is 0 Å². The molecule has 1 aliphatic heterocycles. The third kappa shape index (κ3) is 2.44.